The van der Waals surface area contributed by atoms with Gasteiger partial charge in [-0.1, -0.05) is 20.3 Å². The number of aromatic nitrogens is 3. The predicted octanol–water partition coefficient (Wildman–Crippen LogP) is 2.22. The zero-order valence-corrected chi connectivity index (χ0v) is 20.7. The Hall–Kier alpha value is -1.67. The van der Waals surface area contributed by atoms with E-state index in [1.165, 1.54) is 58.3 Å². The molecule has 4 heterocycles. The Kier molecular flexibility index (Phi) is 7.71. The zero-order chi connectivity index (χ0) is 22.6. The van der Waals surface area contributed by atoms with E-state index in [-0.39, 0.29) is 5.54 Å². The molecule has 8 nitrogen and oxygen atoms in total. The highest BCUT2D eigenvalue weighted by Crippen LogP contribution is 2.31. The first-order valence-corrected chi connectivity index (χ1v) is 12.9. The number of guanidine groups is 1. The fourth-order valence-corrected chi connectivity index (χ4v) is 5.41. The summed E-state index contributed by atoms with van der Waals surface area (Å²) in [6.07, 6.45) is 8.53. The second kappa shape index (κ2) is 10.5. The van der Waals surface area contributed by atoms with E-state index < -0.39 is 0 Å². The summed E-state index contributed by atoms with van der Waals surface area (Å²) in [4.78, 5) is 15.2. The number of rotatable bonds is 6. The zero-order valence-electron chi connectivity index (χ0n) is 20.7. The minimum atomic E-state index is 0.215. The van der Waals surface area contributed by atoms with Crippen LogP contribution in [0.15, 0.2) is 4.99 Å². The summed E-state index contributed by atoms with van der Waals surface area (Å²) in [6, 6.07) is 0.338. The summed E-state index contributed by atoms with van der Waals surface area (Å²) in [5.74, 6) is 3.43. The van der Waals surface area contributed by atoms with E-state index in [0.717, 1.165) is 50.1 Å². The maximum Gasteiger partial charge on any atom is 0.191 e. The molecule has 0 aromatic carbocycles. The highest BCUT2D eigenvalue weighted by Gasteiger charge is 2.39. The fraction of sp³-hybridized carbons (Fsp3) is 0.875. The number of nitrogens with zero attached hydrogens (tertiary/aromatic N) is 6. The Bertz CT molecular complexity index is 756. The molecule has 180 valence electrons. The third kappa shape index (κ3) is 5.45. The predicted molar refractivity (Wildman–Crippen MR) is 130 cm³/mol. The van der Waals surface area contributed by atoms with Crippen LogP contribution in [0.5, 0.6) is 0 Å². The van der Waals surface area contributed by atoms with Crippen LogP contribution in [0.1, 0.15) is 76.9 Å². The number of hydrogen-bond acceptors (Lipinski definition) is 5. The van der Waals surface area contributed by atoms with Crippen molar-refractivity contribution in [3.63, 3.8) is 0 Å². The number of aliphatic imine (C=N–C) groups is 1. The lowest BCUT2D eigenvalue weighted by molar-refractivity contribution is 0.0208. The molecule has 0 amide bonds. The van der Waals surface area contributed by atoms with Gasteiger partial charge in [0, 0.05) is 30.5 Å². The largest absolute Gasteiger partial charge is 0.357 e. The third-order valence-electron chi connectivity index (χ3n) is 7.55. The number of hydrogen-bond donors (Lipinski definition) is 2. The molecule has 2 saturated heterocycles. The molecule has 2 N–H and O–H groups in total. The van der Waals surface area contributed by atoms with E-state index in [0.29, 0.717) is 12.0 Å². The van der Waals surface area contributed by atoms with Crippen molar-refractivity contribution in [2.75, 3.05) is 46.3 Å². The van der Waals surface area contributed by atoms with Crippen molar-refractivity contribution in [2.24, 2.45) is 4.99 Å². The van der Waals surface area contributed by atoms with Gasteiger partial charge in [-0.3, -0.25) is 9.89 Å². The first-order valence-electron chi connectivity index (χ1n) is 12.9. The maximum atomic E-state index is 5.18. The van der Waals surface area contributed by atoms with Gasteiger partial charge in [-0.15, -0.1) is 0 Å². The highest BCUT2D eigenvalue weighted by molar-refractivity contribution is 5.80. The SMILES string of the molecule is CCNC(=NCC1(N2CCCCC2)CCN(C)CC1)NC1CCc2nc(C(C)C)nn2C1. The minimum Gasteiger partial charge on any atom is -0.357 e. The summed E-state index contributed by atoms with van der Waals surface area (Å²) in [5.41, 5.74) is 0.215. The average molecular weight is 445 g/mol. The minimum absolute atomic E-state index is 0.215. The van der Waals surface area contributed by atoms with Crippen molar-refractivity contribution >= 4 is 5.96 Å². The number of piperidine rings is 2. The molecule has 0 radical (unpaired) electrons. The van der Waals surface area contributed by atoms with E-state index in [4.69, 9.17) is 15.1 Å². The average Bonchev–Trinajstić information content (AvgIpc) is 3.23. The van der Waals surface area contributed by atoms with Gasteiger partial charge in [0.15, 0.2) is 11.8 Å². The summed E-state index contributed by atoms with van der Waals surface area (Å²) >= 11 is 0. The second-order valence-electron chi connectivity index (χ2n) is 10.4. The van der Waals surface area contributed by atoms with E-state index in [9.17, 15) is 0 Å². The molecule has 8 heteroatoms. The van der Waals surface area contributed by atoms with Crippen molar-refractivity contribution in [1.29, 1.82) is 0 Å². The van der Waals surface area contributed by atoms with E-state index in [1.807, 2.05) is 0 Å². The smallest absolute Gasteiger partial charge is 0.191 e. The monoisotopic (exact) mass is 444 g/mol. The van der Waals surface area contributed by atoms with Crippen molar-refractivity contribution in [3.05, 3.63) is 11.6 Å². The van der Waals surface area contributed by atoms with E-state index >= 15 is 0 Å². The van der Waals surface area contributed by atoms with Crippen LogP contribution in [0.3, 0.4) is 0 Å². The lowest BCUT2D eigenvalue weighted by atomic mass is 9.84. The lowest BCUT2D eigenvalue weighted by Gasteiger charge is -2.49. The van der Waals surface area contributed by atoms with Crippen LogP contribution in [0.2, 0.25) is 0 Å². The van der Waals surface area contributed by atoms with Crippen molar-refractivity contribution < 1.29 is 0 Å². The van der Waals surface area contributed by atoms with Gasteiger partial charge in [0.05, 0.1) is 13.1 Å². The Morgan fingerprint density at radius 2 is 1.91 bits per heavy atom. The molecule has 1 unspecified atom stereocenters. The topological polar surface area (TPSA) is 73.6 Å². The second-order valence-corrected chi connectivity index (χ2v) is 10.4. The van der Waals surface area contributed by atoms with Crippen molar-refractivity contribution in [1.82, 2.24) is 35.2 Å². The standard InChI is InChI=1S/C24H44N8/c1-5-25-23(27-20-9-10-21-28-22(19(2)3)29-32(21)17-20)26-18-24(11-15-30(4)16-12-24)31-13-7-6-8-14-31/h19-20H,5-18H2,1-4H3,(H2,25,26,27). The van der Waals surface area contributed by atoms with Crippen LogP contribution in [0.25, 0.3) is 0 Å². The summed E-state index contributed by atoms with van der Waals surface area (Å²) in [6.45, 7) is 13.9. The molecule has 1 aromatic heterocycles. The maximum absolute atomic E-state index is 5.18. The number of aryl methyl sites for hydroxylation is 1. The van der Waals surface area contributed by atoms with Crippen LogP contribution in [-0.4, -0.2) is 88.4 Å². The molecule has 3 aliphatic heterocycles. The Morgan fingerprint density at radius 3 is 2.59 bits per heavy atom. The van der Waals surface area contributed by atoms with Gasteiger partial charge in [-0.25, -0.2) is 9.67 Å². The molecule has 3 aliphatic rings. The Morgan fingerprint density at radius 1 is 1.16 bits per heavy atom. The van der Waals surface area contributed by atoms with E-state index in [1.54, 1.807) is 0 Å². The number of nitrogens with one attached hydrogen (secondary N) is 2. The van der Waals surface area contributed by atoms with Gasteiger partial charge in [0.1, 0.15) is 5.82 Å². The molecular formula is C24H44N8. The quantitative estimate of drug-likeness (QED) is 0.518. The molecule has 0 saturated carbocycles. The molecule has 1 atom stereocenters. The highest BCUT2D eigenvalue weighted by atomic mass is 15.4. The fourth-order valence-electron chi connectivity index (χ4n) is 5.41. The molecule has 32 heavy (non-hydrogen) atoms. The lowest BCUT2D eigenvalue weighted by Crippen LogP contribution is -2.58. The van der Waals surface area contributed by atoms with Gasteiger partial charge < -0.3 is 15.5 Å². The molecule has 0 bridgehead atoms. The van der Waals surface area contributed by atoms with Gasteiger partial charge in [0.25, 0.3) is 0 Å². The summed E-state index contributed by atoms with van der Waals surface area (Å²) < 4.78 is 2.10. The molecular weight excluding hydrogens is 400 g/mol. The third-order valence-corrected chi connectivity index (χ3v) is 7.55. The summed E-state index contributed by atoms with van der Waals surface area (Å²) in [5, 5.41) is 12.0. The van der Waals surface area contributed by atoms with Crippen LogP contribution in [0, 0.1) is 0 Å². The molecule has 0 spiro atoms. The van der Waals surface area contributed by atoms with E-state index in [2.05, 4.69) is 52.9 Å². The first kappa shape index (κ1) is 23.5. The van der Waals surface area contributed by atoms with Crippen molar-refractivity contribution in [3.8, 4) is 0 Å². The Labute approximate surface area is 194 Å². The van der Waals surface area contributed by atoms with Gasteiger partial charge in [-0.05, 0) is 72.3 Å². The van der Waals surface area contributed by atoms with Crippen LogP contribution < -0.4 is 10.6 Å². The van der Waals surface area contributed by atoms with Crippen LogP contribution >= 0.6 is 0 Å². The van der Waals surface area contributed by atoms with Crippen LogP contribution in [0.4, 0.5) is 0 Å². The normalized spacial score (nSPS) is 25.0. The van der Waals surface area contributed by atoms with Gasteiger partial charge in [-0.2, -0.15) is 5.10 Å². The van der Waals surface area contributed by atoms with Gasteiger partial charge >= 0.3 is 0 Å². The van der Waals surface area contributed by atoms with Gasteiger partial charge in [0.2, 0.25) is 0 Å². The first-order chi connectivity index (χ1) is 15.5. The molecule has 1 aromatic rings. The van der Waals surface area contributed by atoms with Crippen LogP contribution in [-0.2, 0) is 13.0 Å². The number of fused-ring (bicyclic) bond motifs is 1. The molecule has 4 rings (SSSR count). The molecule has 2 fully saturated rings. The summed E-state index contributed by atoms with van der Waals surface area (Å²) in [7, 11) is 2.25. The molecule has 0 aliphatic carbocycles. The Balaban J connectivity index is 1.44. The number of likely N-dealkylation sites (tertiary alicyclic amines) is 2. The van der Waals surface area contributed by atoms with Crippen molar-refractivity contribution in [2.45, 2.75) is 89.8 Å².